The molecule has 0 amide bonds. The van der Waals surface area contributed by atoms with Gasteiger partial charge in [-0.15, -0.1) is 0 Å². The van der Waals surface area contributed by atoms with Crippen LogP contribution in [0.4, 0.5) is 0 Å². The first-order chi connectivity index (χ1) is 8.22. The molecule has 2 aromatic rings. The molecule has 0 atom stereocenters. The largest absolute Gasteiger partial charge is 0.0944 e. The molecule has 0 saturated heterocycles. The summed E-state index contributed by atoms with van der Waals surface area (Å²) < 4.78 is 0. The zero-order valence-corrected chi connectivity index (χ0v) is 11.5. The van der Waals surface area contributed by atoms with E-state index < -0.39 is 0 Å². The van der Waals surface area contributed by atoms with Crippen molar-refractivity contribution in [2.75, 3.05) is 5.33 Å². The Bertz CT molecular complexity index is 541. The van der Waals surface area contributed by atoms with Crippen LogP contribution in [0.3, 0.4) is 0 Å². The summed E-state index contributed by atoms with van der Waals surface area (Å²) in [6.45, 7) is 6.19. The van der Waals surface area contributed by atoms with Gasteiger partial charge in [0, 0.05) is 5.33 Å². The maximum absolute atomic E-state index is 4.05. The molecule has 0 N–H and O–H groups in total. The lowest BCUT2D eigenvalue weighted by atomic mass is 9.97. The third-order valence-electron chi connectivity index (χ3n) is 2.89. The lowest BCUT2D eigenvalue weighted by Crippen LogP contribution is -1.87. The van der Waals surface area contributed by atoms with Gasteiger partial charge in [-0.3, -0.25) is 0 Å². The Morgan fingerprint density at radius 3 is 2.59 bits per heavy atom. The van der Waals surface area contributed by atoms with Crippen molar-refractivity contribution in [3.05, 3.63) is 66.2 Å². The molecule has 0 nitrogen and oxygen atoms in total. The van der Waals surface area contributed by atoms with E-state index in [-0.39, 0.29) is 0 Å². The van der Waals surface area contributed by atoms with Crippen molar-refractivity contribution in [3.8, 4) is 11.1 Å². The van der Waals surface area contributed by atoms with Crippen molar-refractivity contribution in [2.45, 2.75) is 6.92 Å². The lowest BCUT2D eigenvalue weighted by Gasteiger charge is -2.08. The first-order valence-electron chi connectivity index (χ1n) is 5.62. The average Bonchev–Trinajstić information content (AvgIpc) is 2.38. The summed E-state index contributed by atoms with van der Waals surface area (Å²) in [5.74, 6) is 0. The fourth-order valence-corrected chi connectivity index (χ4v) is 2.20. The highest BCUT2D eigenvalue weighted by Crippen LogP contribution is 2.26. The number of halogens is 1. The molecule has 0 aromatic heterocycles. The van der Waals surface area contributed by atoms with Crippen LogP contribution in [-0.2, 0) is 0 Å². The number of alkyl halides is 1. The van der Waals surface area contributed by atoms with Crippen LogP contribution in [0.1, 0.15) is 11.1 Å². The summed E-state index contributed by atoms with van der Waals surface area (Å²) in [5, 5.41) is 0.810. The van der Waals surface area contributed by atoms with E-state index in [0.717, 1.165) is 10.9 Å². The summed E-state index contributed by atoms with van der Waals surface area (Å²) >= 11 is 3.45. The van der Waals surface area contributed by atoms with Crippen molar-refractivity contribution < 1.29 is 0 Å². The molecular weight excluding hydrogens is 272 g/mol. The Morgan fingerprint density at radius 1 is 1.12 bits per heavy atom. The number of benzene rings is 2. The highest BCUT2D eigenvalue weighted by atomic mass is 79.9. The van der Waals surface area contributed by atoms with E-state index in [1.165, 1.54) is 22.3 Å². The van der Waals surface area contributed by atoms with Gasteiger partial charge in [0.1, 0.15) is 0 Å². The monoisotopic (exact) mass is 286 g/mol. The zero-order chi connectivity index (χ0) is 12.3. The third-order valence-corrected chi connectivity index (χ3v) is 3.57. The molecular formula is C16H15Br. The molecule has 0 saturated carbocycles. The van der Waals surface area contributed by atoms with Gasteiger partial charge in [0.25, 0.3) is 0 Å². The Balaban J connectivity index is 2.47. The van der Waals surface area contributed by atoms with Gasteiger partial charge in [-0.05, 0) is 40.8 Å². The van der Waals surface area contributed by atoms with E-state index in [9.17, 15) is 0 Å². The molecule has 0 aliphatic carbocycles. The summed E-state index contributed by atoms with van der Waals surface area (Å²) in [7, 11) is 0. The van der Waals surface area contributed by atoms with Gasteiger partial charge in [0.2, 0.25) is 0 Å². The summed E-state index contributed by atoms with van der Waals surface area (Å²) in [6.07, 6.45) is 0. The Morgan fingerprint density at radius 2 is 1.88 bits per heavy atom. The molecule has 17 heavy (non-hydrogen) atoms. The number of rotatable bonds is 3. The number of hydrogen-bond donors (Lipinski definition) is 0. The minimum absolute atomic E-state index is 0.810. The predicted octanol–water partition coefficient (Wildman–Crippen LogP) is 5.07. The first-order valence-corrected chi connectivity index (χ1v) is 6.74. The molecule has 2 rings (SSSR count). The predicted molar refractivity (Wildman–Crippen MR) is 79.4 cm³/mol. The molecule has 0 unspecified atom stereocenters. The van der Waals surface area contributed by atoms with E-state index >= 15 is 0 Å². The van der Waals surface area contributed by atoms with E-state index in [2.05, 4.69) is 78.0 Å². The number of hydrogen-bond acceptors (Lipinski definition) is 0. The molecule has 0 spiro atoms. The van der Waals surface area contributed by atoms with Gasteiger partial charge < -0.3 is 0 Å². The zero-order valence-electron chi connectivity index (χ0n) is 9.91. The van der Waals surface area contributed by atoms with Gasteiger partial charge in [-0.1, -0.05) is 65.0 Å². The van der Waals surface area contributed by atoms with Crippen molar-refractivity contribution in [1.82, 2.24) is 0 Å². The van der Waals surface area contributed by atoms with Crippen LogP contribution in [0.25, 0.3) is 16.7 Å². The van der Waals surface area contributed by atoms with Crippen LogP contribution in [-0.4, -0.2) is 5.33 Å². The lowest BCUT2D eigenvalue weighted by molar-refractivity contribution is 1.45. The quantitative estimate of drug-likeness (QED) is 0.691. The standard InChI is InChI=1S/C16H15Br/c1-12-6-3-4-9-16(12)15-8-5-7-14(10-15)13(2)11-17/h3-10H,2,11H2,1H3. The van der Waals surface area contributed by atoms with Crippen LogP contribution in [0.5, 0.6) is 0 Å². The number of aryl methyl sites for hydroxylation is 1. The Labute approximate surface area is 111 Å². The van der Waals surface area contributed by atoms with E-state index in [1.807, 2.05) is 0 Å². The fraction of sp³-hybridized carbons (Fsp3) is 0.125. The van der Waals surface area contributed by atoms with Crippen molar-refractivity contribution in [2.24, 2.45) is 0 Å². The van der Waals surface area contributed by atoms with E-state index in [0.29, 0.717) is 0 Å². The highest BCUT2D eigenvalue weighted by molar-refractivity contribution is 9.09. The Kier molecular flexibility index (Phi) is 3.80. The van der Waals surface area contributed by atoms with Crippen LogP contribution < -0.4 is 0 Å². The maximum atomic E-state index is 4.05. The fourth-order valence-electron chi connectivity index (χ4n) is 1.88. The van der Waals surface area contributed by atoms with E-state index in [4.69, 9.17) is 0 Å². The first kappa shape index (κ1) is 12.1. The minimum atomic E-state index is 0.810. The van der Waals surface area contributed by atoms with Crippen molar-refractivity contribution in [1.29, 1.82) is 0 Å². The second-order valence-corrected chi connectivity index (χ2v) is 4.69. The number of allylic oxidation sites excluding steroid dienone is 1. The van der Waals surface area contributed by atoms with Crippen molar-refractivity contribution in [3.63, 3.8) is 0 Å². The van der Waals surface area contributed by atoms with Gasteiger partial charge in [-0.2, -0.15) is 0 Å². The van der Waals surface area contributed by atoms with Gasteiger partial charge >= 0.3 is 0 Å². The second-order valence-electron chi connectivity index (χ2n) is 4.13. The molecule has 0 fully saturated rings. The van der Waals surface area contributed by atoms with Crippen LogP contribution >= 0.6 is 15.9 Å². The molecule has 0 radical (unpaired) electrons. The van der Waals surface area contributed by atoms with Gasteiger partial charge in [-0.25, -0.2) is 0 Å². The molecule has 0 heterocycles. The second kappa shape index (κ2) is 5.33. The third kappa shape index (κ3) is 2.67. The molecule has 0 bridgehead atoms. The minimum Gasteiger partial charge on any atom is -0.0944 e. The summed E-state index contributed by atoms with van der Waals surface area (Å²) in [5.41, 5.74) is 6.15. The van der Waals surface area contributed by atoms with E-state index in [1.54, 1.807) is 0 Å². The van der Waals surface area contributed by atoms with Gasteiger partial charge in [0.05, 0.1) is 0 Å². The highest BCUT2D eigenvalue weighted by Gasteiger charge is 2.03. The molecule has 0 aliphatic rings. The Hall–Kier alpha value is -1.34. The summed E-state index contributed by atoms with van der Waals surface area (Å²) in [4.78, 5) is 0. The summed E-state index contributed by atoms with van der Waals surface area (Å²) in [6, 6.07) is 17.0. The smallest absolute Gasteiger partial charge is 0.0283 e. The maximum Gasteiger partial charge on any atom is 0.0283 e. The van der Waals surface area contributed by atoms with Crippen LogP contribution in [0.2, 0.25) is 0 Å². The van der Waals surface area contributed by atoms with Crippen LogP contribution in [0.15, 0.2) is 55.1 Å². The molecule has 1 heteroatoms. The van der Waals surface area contributed by atoms with Crippen molar-refractivity contribution >= 4 is 21.5 Å². The topological polar surface area (TPSA) is 0 Å². The molecule has 86 valence electrons. The normalized spacial score (nSPS) is 10.2. The van der Waals surface area contributed by atoms with Gasteiger partial charge in [0.15, 0.2) is 0 Å². The molecule has 2 aromatic carbocycles. The molecule has 0 aliphatic heterocycles. The van der Waals surface area contributed by atoms with Crippen LogP contribution in [0, 0.1) is 6.92 Å². The average molecular weight is 287 g/mol. The SMILES string of the molecule is C=C(CBr)c1cccc(-c2ccccc2C)c1.